The molecule has 0 spiro atoms. The summed E-state index contributed by atoms with van der Waals surface area (Å²) in [7, 11) is 0. The predicted molar refractivity (Wildman–Crippen MR) is 67.0 cm³/mol. The number of benzene rings is 1. The van der Waals surface area contributed by atoms with Crippen LogP contribution in [0.15, 0.2) is 24.3 Å². The van der Waals surface area contributed by atoms with Gasteiger partial charge in [-0.05, 0) is 43.7 Å². The molecule has 0 fully saturated rings. The number of rotatable bonds is 5. The monoisotopic (exact) mass is 205 g/mol. The molecule has 1 rings (SSSR count). The molecule has 0 bridgehead atoms. The molecular weight excluding hydrogens is 182 g/mol. The van der Waals surface area contributed by atoms with Gasteiger partial charge in [0.05, 0.1) is 0 Å². The Bertz CT molecular complexity index is 285. The fraction of sp³-hybridized carbons (Fsp3) is 0.571. The second kappa shape index (κ2) is 5.32. The zero-order valence-electron chi connectivity index (χ0n) is 10.2. The quantitative estimate of drug-likeness (QED) is 0.784. The van der Waals surface area contributed by atoms with Crippen LogP contribution >= 0.6 is 0 Å². The Kier molecular flexibility index (Phi) is 4.34. The van der Waals surface area contributed by atoms with Crippen LogP contribution in [0.3, 0.4) is 0 Å². The highest BCUT2D eigenvalue weighted by Crippen LogP contribution is 2.21. The maximum absolute atomic E-state index is 5.71. The lowest BCUT2D eigenvalue weighted by Gasteiger charge is -2.21. The fourth-order valence-electron chi connectivity index (χ4n) is 1.63. The Morgan fingerprint density at radius 2 is 1.73 bits per heavy atom. The molecule has 1 aromatic rings. The minimum absolute atomic E-state index is 0.296. The lowest BCUT2D eigenvalue weighted by atomic mass is 9.87. The van der Waals surface area contributed by atoms with Crippen LogP contribution in [0.2, 0.25) is 0 Å². The first-order valence-corrected chi connectivity index (χ1v) is 5.79. The van der Waals surface area contributed by atoms with Crippen molar-refractivity contribution in [3.05, 3.63) is 35.4 Å². The molecule has 0 aliphatic carbocycles. The molecule has 84 valence electrons. The Labute approximate surface area is 93.7 Å². The van der Waals surface area contributed by atoms with Crippen molar-refractivity contribution >= 4 is 0 Å². The van der Waals surface area contributed by atoms with Crippen LogP contribution in [0.25, 0.3) is 0 Å². The van der Waals surface area contributed by atoms with Gasteiger partial charge in [0.15, 0.2) is 0 Å². The van der Waals surface area contributed by atoms with Crippen LogP contribution in [-0.2, 0) is 6.42 Å². The van der Waals surface area contributed by atoms with E-state index in [2.05, 4.69) is 45.0 Å². The molecule has 0 unspecified atom stereocenters. The first-order chi connectivity index (χ1) is 7.03. The van der Waals surface area contributed by atoms with Crippen LogP contribution in [0, 0.1) is 12.3 Å². The average molecular weight is 205 g/mol. The third-order valence-corrected chi connectivity index (χ3v) is 2.99. The first-order valence-electron chi connectivity index (χ1n) is 5.79. The van der Waals surface area contributed by atoms with E-state index in [1.807, 2.05) is 0 Å². The molecule has 0 heterocycles. The van der Waals surface area contributed by atoms with Gasteiger partial charge in [-0.3, -0.25) is 0 Å². The molecule has 0 saturated carbocycles. The summed E-state index contributed by atoms with van der Waals surface area (Å²) in [6.45, 7) is 7.38. The summed E-state index contributed by atoms with van der Waals surface area (Å²) in [6.07, 6.45) is 3.61. The van der Waals surface area contributed by atoms with Crippen molar-refractivity contribution in [3.63, 3.8) is 0 Å². The van der Waals surface area contributed by atoms with E-state index in [9.17, 15) is 0 Å². The summed E-state index contributed by atoms with van der Waals surface area (Å²) in [6, 6.07) is 8.82. The van der Waals surface area contributed by atoms with E-state index >= 15 is 0 Å². The predicted octanol–water partition coefficient (Wildman–Crippen LogP) is 3.30. The number of aryl methyl sites for hydroxylation is 2. The summed E-state index contributed by atoms with van der Waals surface area (Å²) in [5.74, 6) is 0. The molecular formula is C14H23N. The third-order valence-electron chi connectivity index (χ3n) is 2.99. The summed E-state index contributed by atoms with van der Waals surface area (Å²) in [4.78, 5) is 0. The minimum atomic E-state index is 0.296. The topological polar surface area (TPSA) is 26.0 Å². The Morgan fingerprint density at radius 3 is 2.27 bits per heavy atom. The molecule has 0 aromatic heterocycles. The second-order valence-electron chi connectivity index (χ2n) is 5.21. The second-order valence-corrected chi connectivity index (χ2v) is 5.21. The fourth-order valence-corrected chi connectivity index (χ4v) is 1.63. The van der Waals surface area contributed by atoms with Gasteiger partial charge in [-0.2, -0.15) is 0 Å². The van der Waals surface area contributed by atoms with Gasteiger partial charge in [-0.15, -0.1) is 0 Å². The summed E-state index contributed by atoms with van der Waals surface area (Å²) in [5.41, 5.74) is 8.77. The molecule has 0 radical (unpaired) electrons. The van der Waals surface area contributed by atoms with E-state index < -0.39 is 0 Å². The highest BCUT2D eigenvalue weighted by molar-refractivity contribution is 5.21. The zero-order valence-corrected chi connectivity index (χ0v) is 10.2. The van der Waals surface area contributed by atoms with Crippen LogP contribution in [0.4, 0.5) is 0 Å². The number of nitrogens with two attached hydrogens (primary N) is 1. The van der Waals surface area contributed by atoms with Crippen LogP contribution in [0.5, 0.6) is 0 Å². The molecule has 0 amide bonds. The molecule has 1 aromatic carbocycles. The minimum Gasteiger partial charge on any atom is -0.330 e. The van der Waals surface area contributed by atoms with Gasteiger partial charge < -0.3 is 5.73 Å². The average Bonchev–Trinajstić information content (AvgIpc) is 2.21. The summed E-state index contributed by atoms with van der Waals surface area (Å²) < 4.78 is 0. The third kappa shape index (κ3) is 4.48. The maximum atomic E-state index is 5.71. The highest BCUT2D eigenvalue weighted by Gasteiger charge is 2.14. The summed E-state index contributed by atoms with van der Waals surface area (Å²) in [5, 5.41) is 0. The molecule has 2 N–H and O–H groups in total. The van der Waals surface area contributed by atoms with Gasteiger partial charge in [0.1, 0.15) is 0 Å². The van der Waals surface area contributed by atoms with Gasteiger partial charge in [-0.1, -0.05) is 43.7 Å². The van der Waals surface area contributed by atoms with E-state index in [4.69, 9.17) is 5.73 Å². The van der Waals surface area contributed by atoms with E-state index in [1.54, 1.807) is 0 Å². The molecule has 0 aliphatic rings. The largest absolute Gasteiger partial charge is 0.330 e. The summed E-state index contributed by atoms with van der Waals surface area (Å²) >= 11 is 0. The van der Waals surface area contributed by atoms with Crippen molar-refractivity contribution in [1.82, 2.24) is 0 Å². The van der Waals surface area contributed by atoms with E-state index in [0.29, 0.717) is 5.41 Å². The van der Waals surface area contributed by atoms with Crippen molar-refractivity contribution < 1.29 is 0 Å². The van der Waals surface area contributed by atoms with Crippen LogP contribution in [0.1, 0.15) is 37.8 Å². The van der Waals surface area contributed by atoms with Crippen molar-refractivity contribution in [1.29, 1.82) is 0 Å². The molecule has 1 nitrogen and oxygen atoms in total. The molecule has 0 atom stereocenters. The smallest absolute Gasteiger partial charge is 0.00258 e. The van der Waals surface area contributed by atoms with Crippen LogP contribution < -0.4 is 5.73 Å². The lowest BCUT2D eigenvalue weighted by molar-refractivity contribution is 0.337. The van der Waals surface area contributed by atoms with E-state index in [-0.39, 0.29) is 0 Å². The van der Waals surface area contributed by atoms with Gasteiger partial charge in [-0.25, -0.2) is 0 Å². The highest BCUT2D eigenvalue weighted by atomic mass is 14.6. The number of hydrogen-bond acceptors (Lipinski definition) is 1. The van der Waals surface area contributed by atoms with Crippen molar-refractivity contribution in [2.24, 2.45) is 11.1 Å². The molecule has 15 heavy (non-hydrogen) atoms. The van der Waals surface area contributed by atoms with Gasteiger partial charge in [0.2, 0.25) is 0 Å². The molecule has 1 heteroatoms. The molecule has 0 saturated heterocycles. The maximum Gasteiger partial charge on any atom is -0.00258 e. The Hall–Kier alpha value is -0.820. The van der Waals surface area contributed by atoms with Crippen molar-refractivity contribution in [2.45, 2.75) is 40.0 Å². The standard InChI is InChI=1S/C14H23N/c1-12-6-8-13(9-7-12)5-4-10-14(2,3)11-15/h6-9H,4-5,10-11,15H2,1-3H3. The van der Waals surface area contributed by atoms with Crippen molar-refractivity contribution in [2.75, 3.05) is 6.54 Å². The van der Waals surface area contributed by atoms with Gasteiger partial charge >= 0.3 is 0 Å². The van der Waals surface area contributed by atoms with Gasteiger partial charge in [0, 0.05) is 0 Å². The first kappa shape index (κ1) is 12.3. The zero-order chi connectivity index (χ0) is 11.3. The van der Waals surface area contributed by atoms with E-state index in [1.165, 1.54) is 30.4 Å². The Balaban J connectivity index is 2.35. The van der Waals surface area contributed by atoms with E-state index in [0.717, 1.165) is 6.54 Å². The lowest BCUT2D eigenvalue weighted by Crippen LogP contribution is -2.23. The Morgan fingerprint density at radius 1 is 1.13 bits per heavy atom. The van der Waals surface area contributed by atoms with Gasteiger partial charge in [0.25, 0.3) is 0 Å². The van der Waals surface area contributed by atoms with Crippen molar-refractivity contribution in [3.8, 4) is 0 Å². The number of hydrogen-bond donors (Lipinski definition) is 1. The normalized spacial score (nSPS) is 11.7. The van der Waals surface area contributed by atoms with Crippen LogP contribution in [-0.4, -0.2) is 6.54 Å². The SMILES string of the molecule is Cc1ccc(CCCC(C)(C)CN)cc1. The molecule has 0 aliphatic heterocycles.